The maximum atomic E-state index is 12.2. The van der Waals surface area contributed by atoms with Gasteiger partial charge in [0.1, 0.15) is 5.54 Å². The van der Waals surface area contributed by atoms with Crippen LogP contribution in [0.15, 0.2) is 42.5 Å². The number of hydrogen-bond donors (Lipinski definition) is 1. The summed E-state index contributed by atoms with van der Waals surface area (Å²) in [4.78, 5) is 27.5. The third-order valence-corrected chi connectivity index (χ3v) is 4.49. The SMILES string of the molecule is CN(CCCN1C(=O)NC(C)(C)C1=O)c1ccc2ccccc2c1. The molecule has 24 heavy (non-hydrogen) atoms. The van der Waals surface area contributed by atoms with Crippen molar-refractivity contribution in [1.82, 2.24) is 10.2 Å². The summed E-state index contributed by atoms with van der Waals surface area (Å²) in [6.45, 7) is 4.67. The molecule has 1 aliphatic heterocycles. The van der Waals surface area contributed by atoms with Crippen molar-refractivity contribution < 1.29 is 9.59 Å². The lowest BCUT2D eigenvalue weighted by molar-refractivity contribution is -0.130. The standard InChI is InChI=1S/C19H23N3O2/c1-19(2)17(23)22(18(24)20-19)12-6-11-21(3)16-10-9-14-7-4-5-8-15(14)13-16/h4-5,7-10,13H,6,11-12H2,1-3H3,(H,20,24). The Morgan fingerprint density at radius 3 is 2.46 bits per heavy atom. The van der Waals surface area contributed by atoms with E-state index in [-0.39, 0.29) is 11.9 Å². The van der Waals surface area contributed by atoms with Crippen LogP contribution in [0, 0.1) is 0 Å². The molecular weight excluding hydrogens is 302 g/mol. The topological polar surface area (TPSA) is 52.6 Å². The van der Waals surface area contributed by atoms with Crippen LogP contribution in [-0.4, -0.2) is 42.5 Å². The first-order chi connectivity index (χ1) is 11.4. The van der Waals surface area contributed by atoms with Gasteiger partial charge < -0.3 is 10.2 Å². The minimum atomic E-state index is -0.790. The molecular formula is C19H23N3O2. The van der Waals surface area contributed by atoms with Gasteiger partial charge in [0.15, 0.2) is 0 Å². The fourth-order valence-corrected chi connectivity index (χ4v) is 3.03. The van der Waals surface area contributed by atoms with Crippen LogP contribution in [-0.2, 0) is 4.79 Å². The highest BCUT2D eigenvalue weighted by molar-refractivity contribution is 6.06. The highest BCUT2D eigenvalue weighted by Crippen LogP contribution is 2.22. The van der Waals surface area contributed by atoms with E-state index >= 15 is 0 Å². The molecule has 0 radical (unpaired) electrons. The zero-order valence-electron chi connectivity index (χ0n) is 14.4. The van der Waals surface area contributed by atoms with Crippen molar-refractivity contribution in [3.63, 3.8) is 0 Å². The first-order valence-electron chi connectivity index (χ1n) is 8.22. The molecule has 1 aliphatic rings. The molecule has 2 aromatic carbocycles. The third kappa shape index (κ3) is 3.07. The van der Waals surface area contributed by atoms with Gasteiger partial charge >= 0.3 is 6.03 Å². The van der Waals surface area contributed by atoms with Crippen LogP contribution in [0.25, 0.3) is 10.8 Å². The molecule has 5 heteroatoms. The highest BCUT2D eigenvalue weighted by atomic mass is 16.2. The van der Waals surface area contributed by atoms with Gasteiger partial charge in [-0.05, 0) is 43.2 Å². The first-order valence-corrected chi connectivity index (χ1v) is 8.22. The van der Waals surface area contributed by atoms with Crippen molar-refractivity contribution in [2.45, 2.75) is 25.8 Å². The summed E-state index contributed by atoms with van der Waals surface area (Å²) in [6, 6.07) is 14.3. The van der Waals surface area contributed by atoms with Crippen molar-refractivity contribution in [2.75, 3.05) is 25.0 Å². The highest BCUT2D eigenvalue weighted by Gasteiger charge is 2.43. The number of carbonyl (C=O) groups excluding carboxylic acids is 2. The second kappa shape index (κ2) is 6.15. The monoisotopic (exact) mass is 325 g/mol. The molecule has 0 unspecified atom stereocenters. The molecule has 1 heterocycles. The zero-order valence-corrected chi connectivity index (χ0v) is 14.4. The molecule has 1 N–H and O–H groups in total. The summed E-state index contributed by atoms with van der Waals surface area (Å²) in [7, 11) is 2.03. The van der Waals surface area contributed by atoms with Gasteiger partial charge in [0.25, 0.3) is 5.91 Å². The average molecular weight is 325 g/mol. The number of hydrogen-bond acceptors (Lipinski definition) is 3. The van der Waals surface area contributed by atoms with Crippen molar-refractivity contribution in [3.8, 4) is 0 Å². The average Bonchev–Trinajstić information content (AvgIpc) is 2.75. The summed E-state index contributed by atoms with van der Waals surface area (Å²) < 4.78 is 0. The fourth-order valence-electron chi connectivity index (χ4n) is 3.03. The Kier molecular flexibility index (Phi) is 4.18. The quantitative estimate of drug-likeness (QED) is 0.860. The van der Waals surface area contributed by atoms with Crippen LogP contribution < -0.4 is 10.2 Å². The Bertz CT molecular complexity index is 785. The number of nitrogens with zero attached hydrogens (tertiary/aromatic N) is 2. The molecule has 0 atom stereocenters. The van der Waals surface area contributed by atoms with Crippen LogP contribution in [0.2, 0.25) is 0 Å². The molecule has 1 saturated heterocycles. The van der Waals surface area contributed by atoms with Crippen molar-refractivity contribution in [2.24, 2.45) is 0 Å². The number of imide groups is 1. The number of nitrogens with one attached hydrogen (secondary N) is 1. The van der Waals surface area contributed by atoms with Crippen LogP contribution in [0.1, 0.15) is 20.3 Å². The van der Waals surface area contributed by atoms with E-state index in [1.807, 2.05) is 19.2 Å². The minimum Gasteiger partial charge on any atom is -0.375 e. The number of fused-ring (bicyclic) bond motifs is 1. The summed E-state index contributed by atoms with van der Waals surface area (Å²) in [5.41, 5.74) is 0.340. The Balaban J connectivity index is 1.60. The van der Waals surface area contributed by atoms with Crippen molar-refractivity contribution in [3.05, 3.63) is 42.5 Å². The number of amides is 3. The predicted molar refractivity (Wildman–Crippen MR) is 96.2 cm³/mol. The fraction of sp³-hybridized carbons (Fsp3) is 0.368. The van der Waals surface area contributed by atoms with Gasteiger partial charge in [-0.25, -0.2) is 4.79 Å². The molecule has 5 nitrogen and oxygen atoms in total. The second-order valence-corrected chi connectivity index (χ2v) is 6.82. The van der Waals surface area contributed by atoms with E-state index in [1.54, 1.807) is 13.8 Å². The molecule has 126 valence electrons. The molecule has 2 aromatic rings. The van der Waals surface area contributed by atoms with E-state index in [1.165, 1.54) is 15.7 Å². The molecule has 3 amide bonds. The van der Waals surface area contributed by atoms with Crippen LogP contribution in [0.5, 0.6) is 0 Å². The van der Waals surface area contributed by atoms with E-state index < -0.39 is 5.54 Å². The van der Waals surface area contributed by atoms with E-state index in [0.717, 1.165) is 18.7 Å². The lowest BCUT2D eigenvalue weighted by Crippen LogP contribution is -2.40. The molecule has 0 spiro atoms. The van der Waals surface area contributed by atoms with E-state index in [0.29, 0.717) is 6.54 Å². The molecule has 3 rings (SSSR count). The number of urea groups is 1. The smallest absolute Gasteiger partial charge is 0.325 e. The van der Waals surface area contributed by atoms with Gasteiger partial charge in [-0.3, -0.25) is 9.69 Å². The largest absolute Gasteiger partial charge is 0.375 e. The lowest BCUT2D eigenvalue weighted by atomic mass is 10.1. The molecule has 0 bridgehead atoms. The Labute approximate surface area is 142 Å². The first kappa shape index (κ1) is 16.3. The third-order valence-electron chi connectivity index (χ3n) is 4.49. The summed E-state index contributed by atoms with van der Waals surface area (Å²) in [5, 5.41) is 5.13. The molecule has 0 aromatic heterocycles. The van der Waals surface area contributed by atoms with E-state index in [2.05, 4.69) is 40.5 Å². The Morgan fingerprint density at radius 2 is 1.79 bits per heavy atom. The van der Waals surface area contributed by atoms with Gasteiger partial charge in [0.2, 0.25) is 0 Å². The molecule has 0 aliphatic carbocycles. The molecule has 0 saturated carbocycles. The van der Waals surface area contributed by atoms with Crippen LogP contribution >= 0.6 is 0 Å². The maximum Gasteiger partial charge on any atom is 0.325 e. The van der Waals surface area contributed by atoms with Gasteiger partial charge in [-0.1, -0.05) is 30.3 Å². The normalized spacial score (nSPS) is 16.5. The number of benzene rings is 2. The maximum absolute atomic E-state index is 12.2. The summed E-state index contributed by atoms with van der Waals surface area (Å²) >= 11 is 0. The number of rotatable bonds is 5. The lowest BCUT2D eigenvalue weighted by Gasteiger charge is -2.21. The van der Waals surface area contributed by atoms with Gasteiger partial charge in [-0.2, -0.15) is 0 Å². The van der Waals surface area contributed by atoms with Gasteiger partial charge in [-0.15, -0.1) is 0 Å². The second-order valence-electron chi connectivity index (χ2n) is 6.82. The van der Waals surface area contributed by atoms with Crippen molar-refractivity contribution in [1.29, 1.82) is 0 Å². The summed E-state index contributed by atoms with van der Waals surface area (Å²) in [5.74, 6) is -0.152. The van der Waals surface area contributed by atoms with Crippen molar-refractivity contribution >= 4 is 28.4 Å². The van der Waals surface area contributed by atoms with Gasteiger partial charge in [0, 0.05) is 25.8 Å². The minimum absolute atomic E-state index is 0.152. The number of anilines is 1. The number of carbonyl (C=O) groups is 2. The van der Waals surface area contributed by atoms with Crippen LogP contribution in [0.4, 0.5) is 10.5 Å². The Hall–Kier alpha value is -2.56. The van der Waals surface area contributed by atoms with E-state index in [4.69, 9.17) is 0 Å². The predicted octanol–water partition coefficient (Wildman–Crippen LogP) is 3.00. The van der Waals surface area contributed by atoms with Gasteiger partial charge in [0.05, 0.1) is 0 Å². The summed E-state index contributed by atoms with van der Waals surface area (Å²) in [6.07, 6.45) is 0.735. The zero-order chi connectivity index (χ0) is 17.3. The van der Waals surface area contributed by atoms with Crippen LogP contribution in [0.3, 0.4) is 0 Å². The Morgan fingerprint density at radius 1 is 1.08 bits per heavy atom. The molecule has 1 fully saturated rings. The van der Waals surface area contributed by atoms with E-state index in [9.17, 15) is 9.59 Å².